The van der Waals surface area contributed by atoms with Gasteiger partial charge in [0.15, 0.2) is 0 Å². The SMILES string of the molecule is CCC(C)C(C)NC1CCC(C)c2ccccc21. The normalized spacial score (nSPS) is 26.4. The molecule has 1 aliphatic carbocycles. The Morgan fingerprint density at radius 3 is 2.50 bits per heavy atom. The minimum atomic E-state index is 0.557. The van der Waals surface area contributed by atoms with E-state index in [9.17, 15) is 0 Å². The number of hydrogen-bond acceptors (Lipinski definition) is 1. The third-order valence-electron chi connectivity index (χ3n) is 4.75. The minimum absolute atomic E-state index is 0.557. The minimum Gasteiger partial charge on any atom is -0.307 e. The van der Waals surface area contributed by atoms with Crippen molar-refractivity contribution >= 4 is 0 Å². The van der Waals surface area contributed by atoms with E-state index in [0.717, 1.165) is 11.8 Å². The van der Waals surface area contributed by atoms with Crippen molar-refractivity contribution in [1.29, 1.82) is 0 Å². The Balaban J connectivity index is 2.14. The molecule has 100 valence electrons. The fourth-order valence-corrected chi connectivity index (χ4v) is 3.01. The lowest BCUT2D eigenvalue weighted by Crippen LogP contribution is -2.37. The Morgan fingerprint density at radius 2 is 1.83 bits per heavy atom. The second kappa shape index (κ2) is 5.88. The van der Waals surface area contributed by atoms with Crippen LogP contribution in [0, 0.1) is 5.92 Å². The van der Waals surface area contributed by atoms with Crippen LogP contribution in [-0.2, 0) is 0 Å². The third-order valence-corrected chi connectivity index (χ3v) is 4.75. The van der Waals surface area contributed by atoms with E-state index in [1.54, 1.807) is 5.56 Å². The van der Waals surface area contributed by atoms with Crippen LogP contribution in [0.25, 0.3) is 0 Å². The van der Waals surface area contributed by atoms with Crippen LogP contribution in [0.15, 0.2) is 24.3 Å². The van der Waals surface area contributed by atoms with Gasteiger partial charge in [0.2, 0.25) is 0 Å². The summed E-state index contributed by atoms with van der Waals surface area (Å²) in [7, 11) is 0. The van der Waals surface area contributed by atoms with Gasteiger partial charge >= 0.3 is 0 Å². The smallest absolute Gasteiger partial charge is 0.0325 e. The molecular weight excluding hydrogens is 218 g/mol. The second-order valence-corrected chi connectivity index (χ2v) is 6.00. The molecule has 1 N–H and O–H groups in total. The van der Waals surface area contributed by atoms with Gasteiger partial charge in [-0.2, -0.15) is 0 Å². The zero-order chi connectivity index (χ0) is 13.1. The Labute approximate surface area is 112 Å². The highest BCUT2D eigenvalue weighted by atomic mass is 15.0. The van der Waals surface area contributed by atoms with Crippen LogP contribution < -0.4 is 5.32 Å². The summed E-state index contributed by atoms with van der Waals surface area (Å²) in [4.78, 5) is 0. The van der Waals surface area contributed by atoms with E-state index < -0.39 is 0 Å². The average Bonchev–Trinajstić information content (AvgIpc) is 2.41. The van der Waals surface area contributed by atoms with Gasteiger partial charge in [-0.3, -0.25) is 0 Å². The van der Waals surface area contributed by atoms with E-state index >= 15 is 0 Å². The summed E-state index contributed by atoms with van der Waals surface area (Å²) in [6, 6.07) is 10.1. The lowest BCUT2D eigenvalue weighted by atomic mass is 9.80. The van der Waals surface area contributed by atoms with Crippen LogP contribution in [0.2, 0.25) is 0 Å². The summed E-state index contributed by atoms with van der Waals surface area (Å²) in [5.41, 5.74) is 3.09. The molecule has 0 aliphatic heterocycles. The van der Waals surface area contributed by atoms with Crippen LogP contribution in [-0.4, -0.2) is 6.04 Å². The number of fused-ring (bicyclic) bond motifs is 1. The van der Waals surface area contributed by atoms with Gasteiger partial charge in [0.1, 0.15) is 0 Å². The maximum absolute atomic E-state index is 3.85. The molecule has 4 unspecified atom stereocenters. The molecule has 0 radical (unpaired) electrons. The first-order chi connectivity index (χ1) is 8.63. The van der Waals surface area contributed by atoms with Gasteiger partial charge in [-0.1, -0.05) is 51.5 Å². The lowest BCUT2D eigenvalue weighted by Gasteiger charge is -2.34. The summed E-state index contributed by atoms with van der Waals surface area (Å²) >= 11 is 0. The van der Waals surface area contributed by atoms with Gasteiger partial charge in [-0.05, 0) is 42.7 Å². The summed E-state index contributed by atoms with van der Waals surface area (Å²) < 4.78 is 0. The quantitative estimate of drug-likeness (QED) is 0.814. The highest BCUT2D eigenvalue weighted by molar-refractivity contribution is 5.35. The first-order valence-corrected chi connectivity index (χ1v) is 7.48. The summed E-state index contributed by atoms with van der Waals surface area (Å²) in [5, 5.41) is 3.85. The number of rotatable bonds is 4. The molecule has 0 spiro atoms. The van der Waals surface area contributed by atoms with Gasteiger partial charge < -0.3 is 5.32 Å². The van der Waals surface area contributed by atoms with Crippen molar-refractivity contribution < 1.29 is 0 Å². The van der Waals surface area contributed by atoms with Gasteiger partial charge in [-0.25, -0.2) is 0 Å². The molecular formula is C17H27N. The standard InChI is InChI=1S/C17H27N/c1-5-12(2)14(4)18-17-11-10-13(3)15-8-6-7-9-16(15)17/h6-9,12-14,17-18H,5,10-11H2,1-4H3. The topological polar surface area (TPSA) is 12.0 Å². The molecule has 0 saturated carbocycles. The fraction of sp³-hybridized carbons (Fsp3) is 0.647. The molecule has 1 nitrogen and oxygen atoms in total. The van der Waals surface area contributed by atoms with Gasteiger partial charge in [0, 0.05) is 12.1 Å². The Kier molecular flexibility index (Phi) is 4.45. The van der Waals surface area contributed by atoms with Crippen LogP contribution in [0.4, 0.5) is 0 Å². The predicted molar refractivity (Wildman–Crippen MR) is 78.9 cm³/mol. The van der Waals surface area contributed by atoms with Crippen molar-refractivity contribution in [3.8, 4) is 0 Å². The van der Waals surface area contributed by atoms with Gasteiger partial charge in [0.25, 0.3) is 0 Å². The summed E-state index contributed by atoms with van der Waals surface area (Å²) in [6.07, 6.45) is 3.83. The van der Waals surface area contributed by atoms with E-state index in [0.29, 0.717) is 12.1 Å². The van der Waals surface area contributed by atoms with E-state index in [1.807, 2.05) is 0 Å². The van der Waals surface area contributed by atoms with E-state index in [1.165, 1.54) is 24.8 Å². The third kappa shape index (κ3) is 2.77. The highest BCUT2D eigenvalue weighted by Gasteiger charge is 2.25. The first kappa shape index (κ1) is 13.6. The molecule has 1 aromatic carbocycles. The maximum Gasteiger partial charge on any atom is 0.0325 e. The molecule has 1 aromatic rings. The molecule has 2 rings (SSSR count). The molecule has 0 amide bonds. The zero-order valence-electron chi connectivity index (χ0n) is 12.2. The molecule has 0 fully saturated rings. The Morgan fingerprint density at radius 1 is 1.17 bits per heavy atom. The Hall–Kier alpha value is -0.820. The Bertz CT molecular complexity index is 385. The molecule has 0 aromatic heterocycles. The van der Waals surface area contributed by atoms with Crippen molar-refractivity contribution in [2.24, 2.45) is 5.92 Å². The van der Waals surface area contributed by atoms with Crippen molar-refractivity contribution in [1.82, 2.24) is 5.32 Å². The van der Waals surface area contributed by atoms with Crippen molar-refractivity contribution in [3.05, 3.63) is 35.4 Å². The number of benzene rings is 1. The molecule has 4 atom stereocenters. The van der Waals surface area contributed by atoms with Crippen molar-refractivity contribution in [2.45, 2.75) is 65.0 Å². The van der Waals surface area contributed by atoms with E-state index in [4.69, 9.17) is 0 Å². The second-order valence-electron chi connectivity index (χ2n) is 6.00. The van der Waals surface area contributed by atoms with Crippen molar-refractivity contribution in [2.75, 3.05) is 0 Å². The molecule has 0 bridgehead atoms. The molecule has 1 aliphatic rings. The average molecular weight is 245 g/mol. The van der Waals surface area contributed by atoms with Gasteiger partial charge in [0.05, 0.1) is 0 Å². The fourth-order valence-electron chi connectivity index (χ4n) is 3.01. The monoisotopic (exact) mass is 245 g/mol. The lowest BCUT2D eigenvalue weighted by molar-refractivity contribution is 0.323. The largest absolute Gasteiger partial charge is 0.307 e. The maximum atomic E-state index is 3.85. The zero-order valence-corrected chi connectivity index (χ0v) is 12.2. The molecule has 0 heterocycles. The van der Waals surface area contributed by atoms with E-state index in [2.05, 4.69) is 57.3 Å². The molecule has 1 heteroatoms. The van der Waals surface area contributed by atoms with Crippen LogP contribution in [0.3, 0.4) is 0 Å². The summed E-state index contributed by atoms with van der Waals surface area (Å²) in [6.45, 7) is 9.30. The number of hydrogen-bond donors (Lipinski definition) is 1. The van der Waals surface area contributed by atoms with E-state index in [-0.39, 0.29) is 0 Å². The molecule has 18 heavy (non-hydrogen) atoms. The van der Waals surface area contributed by atoms with Crippen molar-refractivity contribution in [3.63, 3.8) is 0 Å². The van der Waals surface area contributed by atoms with Crippen LogP contribution >= 0.6 is 0 Å². The number of nitrogens with one attached hydrogen (secondary N) is 1. The molecule has 0 saturated heterocycles. The first-order valence-electron chi connectivity index (χ1n) is 7.48. The van der Waals surface area contributed by atoms with Gasteiger partial charge in [-0.15, -0.1) is 0 Å². The van der Waals surface area contributed by atoms with Crippen LogP contribution in [0.1, 0.15) is 70.0 Å². The highest BCUT2D eigenvalue weighted by Crippen LogP contribution is 2.37. The predicted octanol–water partition coefficient (Wildman–Crippen LogP) is 4.65. The van der Waals surface area contributed by atoms with Crippen LogP contribution in [0.5, 0.6) is 0 Å². The summed E-state index contributed by atoms with van der Waals surface area (Å²) in [5.74, 6) is 1.47.